The van der Waals surface area contributed by atoms with Gasteiger partial charge in [-0.3, -0.25) is 0 Å². The lowest BCUT2D eigenvalue weighted by Crippen LogP contribution is -2.11. The van der Waals surface area contributed by atoms with Gasteiger partial charge in [0.15, 0.2) is 0 Å². The molecular formula is C5H10OS. The Bertz CT molecular complexity index is 57.1. The Hall–Kier alpha value is 0.310. The van der Waals surface area contributed by atoms with Gasteiger partial charge in [-0.25, -0.2) is 0 Å². The molecule has 0 spiro atoms. The summed E-state index contributed by atoms with van der Waals surface area (Å²) >= 11 is 4.14. The largest absolute Gasteiger partial charge is 0.392 e. The minimum atomic E-state index is -0.122. The Morgan fingerprint density at radius 2 is 2.14 bits per heavy atom. The molecule has 0 amide bonds. The fraction of sp³-hybridized carbons (Fsp3) is 1.00. The van der Waals surface area contributed by atoms with Gasteiger partial charge in [0, 0.05) is 5.25 Å². The van der Waals surface area contributed by atoms with Crippen LogP contribution in [0.5, 0.6) is 0 Å². The van der Waals surface area contributed by atoms with Gasteiger partial charge in [0.2, 0.25) is 0 Å². The number of hydrogen-bond acceptors (Lipinski definition) is 2. The van der Waals surface area contributed by atoms with Crippen molar-refractivity contribution in [2.24, 2.45) is 0 Å². The standard InChI is InChI=1S/C5H10OS/c6-4-2-1-3-5(4)7/h4-7H,1-3H2/t4-,5-/m1/s1. The van der Waals surface area contributed by atoms with E-state index in [1.54, 1.807) is 0 Å². The van der Waals surface area contributed by atoms with Crippen LogP contribution in [0.25, 0.3) is 0 Å². The van der Waals surface area contributed by atoms with Crippen molar-refractivity contribution in [2.45, 2.75) is 30.6 Å². The van der Waals surface area contributed by atoms with Crippen molar-refractivity contribution in [1.82, 2.24) is 0 Å². The smallest absolute Gasteiger partial charge is 0.0656 e. The predicted molar refractivity (Wildman–Crippen MR) is 32.6 cm³/mol. The Labute approximate surface area is 49.1 Å². The summed E-state index contributed by atoms with van der Waals surface area (Å²) in [5.74, 6) is 0. The molecule has 0 bridgehead atoms. The van der Waals surface area contributed by atoms with Crippen molar-refractivity contribution in [3.63, 3.8) is 0 Å². The van der Waals surface area contributed by atoms with Crippen LogP contribution in [0, 0.1) is 0 Å². The highest BCUT2D eigenvalue weighted by molar-refractivity contribution is 7.81. The number of aliphatic hydroxyl groups excluding tert-OH is 1. The van der Waals surface area contributed by atoms with Crippen LogP contribution >= 0.6 is 12.6 Å². The summed E-state index contributed by atoms with van der Waals surface area (Å²) in [4.78, 5) is 0. The zero-order chi connectivity index (χ0) is 5.28. The van der Waals surface area contributed by atoms with Gasteiger partial charge in [0.1, 0.15) is 0 Å². The first-order valence-electron chi connectivity index (χ1n) is 2.67. The lowest BCUT2D eigenvalue weighted by atomic mass is 10.3. The van der Waals surface area contributed by atoms with Crippen LogP contribution in [0.4, 0.5) is 0 Å². The molecule has 0 heterocycles. The topological polar surface area (TPSA) is 20.2 Å². The van der Waals surface area contributed by atoms with E-state index in [1.807, 2.05) is 0 Å². The van der Waals surface area contributed by atoms with Gasteiger partial charge in [-0.2, -0.15) is 12.6 Å². The van der Waals surface area contributed by atoms with Crippen LogP contribution in [0.15, 0.2) is 0 Å². The van der Waals surface area contributed by atoms with Gasteiger partial charge in [-0.1, -0.05) is 0 Å². The van der Waals surface area contributed by atoms with Gasteiger partial charge >= 0.3 is 0 Å². The molecule has 1 aliphatic carbocycles. The van der Waals surface area contributed by atoms with E-state index in [0.717, 1.165) is 19.3 Å². The van der Waals surface area contributed by atoms with E-state index in [2.05, 4.69) is 12.6 Å². The van der Waals surface area contributed by atoms with E-state index in [9.17, 15) is 0 Å². The molecule has 1 fully saturated rings. The van der Waals surface area contributed by atoms with Crippen LogP contribution in [-0.2, 0) is 0 Å². The summed E-state index contributed by atoms with van der Waals surface area (Å²) in [7, 11) is 0. The van der Waals surface area contributed by atoms with Crippen molar-refractivity contribution in [1.29, 1.82) is 0 Å². The second-order valence-corrected chi connectivity index (χ2v) is 2.73. The van der Waals surface area contributed by atoms with Crippen LogP contribution in [0.1, 0.15) is 19.3 Å². The first-order valence-corrected chi connectivity index (χ1v) is 3.18. The number of hydrogen-bond donors (Lipinski definition) is 2. The molecule has 7 heavy (non-hydrogen) atoms. The maximum Gasteiger partial charge on any atom is 0.0656 e. The molecule has 0 radical (unpaired) electrons. The number of rotatable bonds is 0. The zero-order valence-electron chi connectivity index (χ0n) is 4.17. The van der Waals surface area contributed by atoms with Crippen LogP contribution in [-0.4, -0.2) is 16.5 Å². The predicted octanol–water partition coefficient (Wildman–Crippen LogP) is 0.830. The summed E-state index contributed by atoms with van der Waals surface area (Å²) < 4.78 is 0. The lowest BCUT2D eigenvalue weighted by molar-refractivity contribution is 0.188. The molecule has 2 atom stereocenters. The third-order valence-electron chi connectivity index (χ3n) is 1.44. The van der Waals surface area contributed by atoms with E-state index in [1.165, 1.54) is 0 Å². The van der Waals surface area contributed by atoms with Gasteiger partial charge in [0.25, 0.3) is 0 Å². The monoisotopic (exact) mass is 118 g/mol. The third-order valence-corrected chi connectivity index (χ3v) is 2.05. The van der Waals surface area contributed by atoms with Gasteiger partial charge in [-0.15, -0.1) is 0 Å². The molecule has 42 valence electrons. The fourth-order valence-electron chi connectivity index (χ4n) is 0.921. The van der Waals surface area contributed by atoms with E-state index < -0.39 is 0 Å². The van der Waals surface area contributed by atoms with Gasteiger partial charge < -0.3 is 5.11 Å². The first kappa shape index (κ1) is 5.45. The molecule has 0 aromatic carbocycles. The highest BCUT2D eigenvalue weighted by Gasteiger charge is 2.20. The Balaban J connectivity index is 2.33. The third kappa shape index (κ3) is 1.10. The molecule has 0 unspecified atom stereocenters. The van der Waals surface area contributed by atoms with Crippen molar-refractivity contribution in [2.75, 3.05) is 0 Å². The van der Waals surface area contributed by atoms with Crippen molar-refractivity contribution in [3.05, 3.63) is 0 Å². The molecule has 2 heteroatoms. The minimum absolute atomic E-state index is 0.122. The fourth-order valence-corrected chi connectivity index (χ4v) is 1.25. The highest BCUT2D eigenvalue weighted by atomic mass is 32.1. The number of aliphatic hydroxyl groups is 1. The van der Waals surface area contributed by atoms with Crippen LogP contribution in [0.2, 0.25) is 0 Å². The van der Waals surface area contributed by atoms with Crippen molar-refractivity contribution in [3.8, 4) is 0 Å². The second kappa shape index (κ2) is 2.05. The quantitative estimate of drug-likeness (QED) is 0.451. The summed E-state index contributed by atoms with van der Waals surface area (Å²) in [5.41, 5.74) is 0. The molecule has 0 aromatic rings. The Kier molecular flexibility index (Phi) is 1.60. The molecule has 1 rings (SSSR count). The maximum absolute atomic E-state index is 8.92. The average molecular weight is 118 g/mol. The summed E-state index contributed by atoms with van der Waals surface area (Å²) in [6.45, 7) is 0. The maximum atomic E-state index is 8.92. The van der Waals surface area contributed by atoms with Gasteiger partial charge in [0.05, 0.1) is 6.10 Å². The van der Waals surface area contributed by atoms with Crippen molar-refractivity contribution < 1.29 is 5.11 Å². The molecular weight excluding hydrogens is 108 g/mol. The lowest BCUT2D eigenvalue weighted by Gasteiger charge is -2.03. The molecule has 1 nitrogen and oxygen atoms in total. The molecule has 1 saturated carbocycles. The molecule has 1 aliphatic rings. The zero-order valence-corrected chi connectivity index (χ0v) is 5.06. The van der Waals surface area contributed by atoms with Gasteiger partial charge in [-0.05, 0) is 19.3 Å². The number of thiol groups is 1. The molecule has 0 aliphatic heterocycles. The van der Waals surface area contributed by atoms with E-state index in [0.29, 0.717) is 0 Å². The highest BCUT2D eigenvalue weighted by Crippen LogP contribution is 2.22. The second-order valence-electron chi connectivity index (χ2n) is 2.07. The van der Waals surface area contributed by atoms with E-state index >= 15 is 0 Å². The Morgan fingerprint density at radius 3 is 2.29 bits per heavy atom. The molecule has 1 N–H and O–H groups in total. The summed E-state index contributed by atoms with van der Waals surface area (Å²) in [6.07, 6.45) is 3.07. The SMILES string of the molecule is O[C@@H]1CCC[C@H]1S. The van der Waals surface area contributed by atoms with E-state index in [4.69, 9.17) is 5.11 Å². The summed E-state index contributed by atoms with van der Waals surface area (Å²) in [6, 6.07) is 0. The van der Waals surface area contributed by atoms with E-state index in [-0.39, 0.29) is 11.4 Å². The first-order chi connectivity index (χ1) is 3.30. The summed E-state index contributed by atoms with van der Waals surface area (Å²) in [5, 5.41) is 9.19. The molecule has 0 saturated heterocycles. The van der Waals surface area contributed by atoms with Crippen LogP contribution < -0.4 is 0 Å². The normalized spacial score (nSPS) is 42.0. The van der Waals surface area contributed by atoms with Crippen LogP contribution in [0.3, 0.4) is 0 Å². The Morgan fingerprint density at radius 1 is 1.43 bits per heavy atom. The molecule has 0 aromatic heterocycles. The average Bonchev–Trinajstić information content (AvgIpc) is 1.91. The van der Waals surface area contributed by atoms with Crippen molar-refractivity contribution >= 4 is 12.6 Å². The minimum Gasteiger partial charge on any atom is -0.392 e.